The van der Waals surface area contributed by atoms with Crippen molar-refractivity contribution < 1.29 is 10.0 Å². The SMILES string of the molecule is OB(O)c1c[nH]c2nccc(-c3ccccc3)c12. The molecule has 18 heavy (non-hydrogen) atoms. The number of benzene rings is 1. The van der Waals surface area contributed by atoms with Gasteiger partial charge in [-0.05, 0) is 17.2 Å². The van der Waals surface area contributed by atoms with Gasteiger partial charge in [-0.1, -0.05) is 30.3 Å². The van der Waals surface area contributed by atoms with Crippen molar-refractivity contribution in [2.24, 2.45) is 0 Å². The molecule has 3 N–H and O–H groups in total. The summed E-state index contributed by atoms with van der Waals surface area (Å²) in [6, 6.07) is 11.7. The lowest BCUT2D eigenvalue weighted by atomic mass is 9.79. The molecule has 88 valence electrons. The van der Waals surface area contributed by atoms with E-state index in [0.29, 0.717) is 11.1 Å². The van der Waals surface area contributed by atoms with Crippen molar-refractivity contribution in [3.8, 4) is 11.1 Å². The maximum Gasteiger partial charge on any atom is 0.490 e. The molecule has 0 aliphatic rings. The van der Waals surface area contributed by atoms with E-state index in [1.54, 1.807) is 12.4 Å². The maximum atomic E-state index is 9.39. The number of hydrogen-bond donors (Lipinski definition) is 3. The van der Waals surface area contributed by atoms with Gasteiger partial charge in [-0.3, -0.25) is 0 Å². The highest BCUT2D eigenvalue weighted by atomic mass is 16.4. The van der Waals surface area contributed by atoms with Gasteiger partial charge in [0, 0.05) is 23.2 Å². The number of pyridine rings is 1. The van der Waals surface area contributed by atoms with Crippen molar-refractivity contribution in [1.82, 2.24) is 9.97 Å². The lowest BCUT2D eigenvalue weighted by molar-refractivity contribution is 0.426. The van der Waals surface area contributed by atoms with Gasteiger partial charge in [-0.25, -0.2) is 4.98 Å². The molecule has 0 aliphatic carbocycles. The minimum atomic E-state index is -1.51. The summed E-state index contributed by atoms with van der Waals surface area (Å²) in [6.07, 6.45) is 3.28. The zero-order chi connectivity index (χ0) is 12.5. The van der Waals surface area contributed by atoms with Gasteiger partial charge >= 0.3 is 7.12 Å². The lowest BCUT2D eigenvalue weighted by Gasteiger charge is -2.05. The molecule has 0 fully saturated rings. The van der Waals surface area contributed by atoms with Crippen LogP contribution in [0.2, 0.25) is 0 Å². The summed E-state index contributed by atoms with van der Waals surface area (Å²) in [7, 11) is -1.51. The van der Waals surface area contributed by atoms with Crippen LogP contribution in [-0.4, -0.2) is 27.1 Å². The summed E-state index contributed by atoms with van der Waals surface area (Å²) in [5, 5.41) is 19.5. The molecule has 3 rings (SSSR count). The van der Waals surface area contributed by atoms with Crippen molar-refractivity contribution in [1.29, 1.82) is 0 Å². The minimum Gasteiger partial charge on any atom is -0.423 e. The highest BCUT2D eigenvalue weighted by Gasteiger charge is 2.19. The second-order valence-corrected chi connectivity index (χ2v) is 4.07. The average molecular weight is 238 g/mol. The fraction of sp³-hybridized carbons (Fsp3) is 0. The number of aromatic amines is 1. The summed E-state index contributed by atoms with van der Waals surface area (Å²) < 4.78 is 0. The fourth-order valence-electron chi connectivity index (χ4n) is 2.14. The summed E-state index contributed by atoms with van der Waals surface area (Å²) in [5.41, 5.74) is 3.05. The molecule has 0 bridgehead atoms. The van der Waals surface area contributed by atoms with Crippen LogP contribution in [-0.2, 0) is 0 Å². The van der Waals surface area contributed by atoms with Crippen LogP contribution in [0.1, 0.15) is 0 Å². The van der Waals surface area contributed by atoms with Crippen molar-refractivity contribution >= 4 is 23.6 Å². The van der Waals surface area contributed by atoms with Gasteiger partial charge in [0.2, 0.25) is 0 Å². The molecule has 3 aromatic rings. The van der Waals surface area contributed by atoms with E-state index in [1.807, 2.05) is 36.4 Å². The summed E-state index contributed by atoms with van der Waals surface area (Å²) >= 11 is 0. The predicted molar refractivity (Wildman–Crippen MR) is 71.4 cm³/mol. The molecule has 0 saturated carbocycles. The number of aromatic nitrogens is 2. The van der Waals surface area contributed by atoms with Crippen LogP contribution in [0.15, 0.2) is 48.8 Å². The van der Waals surface area contributed by atoms with Crippen molar-refractivity contribution in [2.75, 3.05) is 0 Å². The molecule has 0 unspecified atom stereocenters. The first-order chi connectivity index (χ1) is 8.77. The van der Waals surface area contributed by atoms with Gasteiger partial charge in [0.25, 0.3) is 0 Å². The van der Waals surface area contributed by atoms with Gasteiger partial charge in [0.1, 0.15) is 5.65 Å². The quantitative estimate of drug-likeness (QED) is 0.581. The van der Waals surface area contributed by atoms with E-state index in [4.69, 9.17) is 0 Å². The number of rotatable bonds is 2. The zero-order valence-electron chi connectivity index (χ0n) is 9.54. The minimum absolute atomic E-state index is 0.442. The van der Waals surface area contributed by atoms with E-state index in [-0.39, 0.29) is 0 Å². The standard InChI is InChI=1S/C13H11BN2O2/c17-14(18)11-8-16-13-12(11)10(6-7-15-13)9-4-2-1-3-5-9/h1-8,17-18H,(H,15,16). The summed E-state index contributed by atoms with van der Waals surface area (Å²) in [6.45, 7) is 0. The molecule has 0 spiro atoms. The van der Waals surface area contributed by atoms with E-state index < -0.39 is 7.12 Å². The Morgan fingerprint density at radius 2 is 1.83 bits per heavy atom. The first-order valence-electron chi connectivity index (χ1n) is 5.65. The molecule has 2 aromatic heterocycles. The highest BCUT2D eigenvalue weighted by Crippen LogP contribution is 2.25. The van der Waals surface area contributed by atoms with Crippen LogP contribution in [0.3, 0.4) is 0 Å². The third-order valence-electron chi connectivity index (χ3n) is 2.97. The molecule has 4 nitrogen and oxygen atoms in total. The Bertz CT molecular complexity index is 680. The van der Waals surface area contributed by atoms with Crippen LogP contribution in [0, 0.1) is 0 Å². The number of fused-ring (bicyclic) bond motifs is 1. The molecule has 0 saturated heterocycles. The summed E-state index contributed by atoms with van der Waals surface area (Å²) in [4.78, 5) is 7.14. The van der Waals surface area contributed by atoms with E-state index in [2.05, 4.69) is 9.97 Å². The molecule has 5 heteroatoms. The Balaban J connectivity index is 2.32. The lowest BCUT2D eigenvalue weighted by Crippen LogP contribution is -2.29. The van der Waals surface area contributed by atoms with Crippen LogP contribution >= 0.6 is 0 Å². The molecule has 0 radical (unpaired) electrons. The molecular weight excluding hydrogens is 227 g/mol. The van der Waals surface area contributed by atoms with Crippen molar-refractivity contribution in [3.05, 3.63) is 48.8 Å². The smallest absolute Gasteiger partial charge is 0.423 e. The average Bonchev–Trinajstić information content (AvgIpc) is 2.83. The summed E-state index contributed by atoms with van der Waals surface area (Å²) in [5.74, 6) is 0. The Morgan fingerprint density at radius 3 is 2.56 bits per heavy atom. The van der Waals surface area contributed by atoms with Gasteiger partial charge in [0.15, 0.2) is 0 Å². The maximum absolute atomic E-state index is 9.39. The van der Waals surface area contributed by atoms with Crippen LogP contribution < -0.4 is 5.46 Å². The van der Waals surface area contributed by atoms with Crippen molar-refractivity contribution in [2.45, 2.75) is 0 Å². The Kier molecular flexibility index (Phi) is 2.62. The largest absolute Gasteiger partial charge is 0.490 e. The number of nitrogens with zero attached hydrogens (tertiary/aromatic N) is 1. The molecule has 0 amide bonds. The van der Waals surface area contributed by atoms with E-state index in [0.717, 1.165) is 16.5 Å². The van der Waals surface area contributed by atoms with E-state index >= 15 is 0 Å². The normalized spacial score (nSPS) is 10.8. The molecule has 0 aliphatic heterocycles. The molecular formula is C13H11BN2O2. The van der Waals surface area contributed by atoms with Gasteiger partial charge in [-0.15, -0.1) is 0 Å². The number of H-pyrrole nitrogens is 1. The zero-order valence-corrected chi connectivity index (χ0v) is 9.54. The topological polar surface area (TPSA) is 69.1 Å². The Labute approximate surface area is 104 Å². The van der Waals surface area contributed by atoms with Crippen LogP contribution in [0.4, 0.5) is 0 Å². The van der Waals surface area contributed by atoms with Crippen molar-refractivity contribution in [3.63, 3.8) is 0 Å². The van der Waals surface area contributed by atoms with E-state index in [9.17, 15) is 10.0 Å². The number of hydrogen-bond acceptors (Lipinski definition) is 3. The first-order valence-corrected chi connectivity index (χ1v) is 5.65. The van der Waals surface area contributed by atoms with Crippen LogP contribution in [0.25, 0.3) is 22.2 Å². The first kappa shape index (κ1) is 11.0. The molecule has 2 heterocycles. The van der Waals surface area contributed by atoms with E-state index in [1.165, 1.54) is 0 Å². The molecule has 0 atom stereocenters. The Morgan fingerprint density at radius 1 is 1.06 bits per heavy atom. The Hall–Kier alpha value is -2.11. The predicted octanol–water partition coefficient (Wildman–Crippen LogP) is 0.910. The highest BCUT2D eigenvalue weighted by molar-refractivity contribution is 6.62. The van der Waals surface area contributed by atoms with Gasteiger partial charge in [0.05, 0.1) is 0 Å². The van der Waals surface area contributed by atoms with Crippen LogP contribution in [0.5, 0.6) is 0 Å². The number of nitrogens with one attached hydrogen (secondary N) is 1. The monoisotopic (exact) mass is 238 g/mol. The third kappa shape index (κ3) is 1.70. The van der Waals surface area contributed by atoms with Gasteiger partial charge < -0.3 is 15.0 Å². The molecule has 1 aromatic carbocycles. The second kappa shape index (κ2) is 4.29. The third-order valence-corrected chi connectivity index (χ3v) is 2.97. The second-order valence-electron chi connectivity index (χ2n) is 4.07. The van der Waals surface area contributed by atoms with Gasteiger partial charge in [-0.2, -0.15) is 0 Å². The fourth-order valence-corrected chi connectivity index (χ4v) is 2.14.